The fourth-order valence-electron chi connectivity index (χ4n) is 1.21. The zero-order valence-corrected chi connectivity index (χ0v) is 9.08. The molecule has 0 atom stereocenters. The summed E-state index contributed by atoms with van der Waals surface area (Å²) < 4.78 is 0. The summed E-state index contributed by atoms with van der Waals surface area (Å²) in [5.74, 6) is 0. The van der Waals surface area contributed by atoms with Crippen molar-refractivity contribution in [3.05, 3.63) is 24.8 Å². The van der Waals surface area contributed by atoms with Gasteiger partial charge in [0.05, 0.1) is 5.71 Å². The molecule has 0 aliphatic carbocycles. The van der Waals surface area contributed by atoms with Crippen LogP contribution in [0.5, 0.6) is 0 Å². The molecule has 0 radical (unpaired) electrons. The lowest BCUT2D eigenvalue weighted by Crippen LogP contribution is -1.97. The molecule has 0 amide bonds. The molecule has 0 aliphatic heterocycles. The van der Waals surface area contributed by atoms with Gasteiger partial charge in [0.15, 0.2) is 0 Å². The van der Waals surface area contributed by atoms with Gasteiger partial charge >= 0.3 is 0 Å². The van der Waals surface area contributed by atoms with Crippen LogP contribution in [-0.4, -0.2) is 10.9 Å². The minimum Gasteiger partial charge on any atom is -0.411 e. The molecule has 0 spiro atoms. The summed E-state index contributed by atoms with van der Waals surface area (Å²) >= 11 is 0. The van der Waals surface area contributed by atoms with Crippen LogP contribution in [0.15, 0.2) is 30.0 Å². The highest BCUT2D eigenvalue weighted by atomic mass is 16.4. The molecule has 0 aliphatic rings. The molecule has 0 unspecified atom stereocenters. The predicted octanol–water partition coefficient (Wildman–Crippen LogP) is 3.92. The molecule has 80 valence electrons. The number of hydrogen-bond donors (Lipinski definition) is 1. The van der Waals surface area contributed by atoms with E-state index in [9.17, 15) is 0 Å². The lowest BCUT2D eigenvalue weighted by molar-refractivity contribution is 0.316. The molecule has 0 rings (SSSR count). The van der Waals surface area contributed by atoms with Crippen molar-refractivity contribution in [2.75, 3.05) is 0 Å². The Labute approximate surface area is 87.0 Å². The van der Waals surface area contributed by atoms with Crippen LogP contribution in [-0.2, 0) is 0 Å². The summed E-state index contributed by atoms with van der Waals surface area (Å²) in [5.41, 5.74) is 0.896. The van der Waals surface area contributed by atoms with Crippen molar-refractivity contribution in [1.82, 2.24) is 0 Å². The molecule has 2 nitrogen and oxygen atoms in total. The summed E-state index contributed by atoms with van der Waals surface area (Å²) in [4.78, 5) is 0. The molecule has 0 saturated heterocycles. The Bertz CT molecular complexity index is 194. The number of allylic oxidation sites excluding steroid dienone is 3. The fourth-order valence-corrected chi connectivity index (χ4v) is 1.21. The lowest BCUT2D eigenvalue weighted by atomic mass is 10.1. The van der Waals surface area contributed by atoms with Gasteiger partial charge < -0.3 is 5.21 Å². The molecule has 0 aromatic rings. The molecule has 0 aromatic heterocycles. The molecular weight excluding hydrogens is 174 g/mol. The molecule has 14 heavy (non-hydrogen) atoms. The number of oxime groups is 1. The smallest absolute Gasteiger partial charge is 0.0574 e. The number of rotatable bonds is 8. The average Bonchev–Trinajstić information content (AvgIpc) is 2.22. The topological polar surface area (TPSA) is 32.6 Å². The minimum atomic E-state index is 0.865. The van der Waals surface area contributed by atoms with Gasteiger partial charge in [-0.15, -0.1) is 6.58 Å². The average molecular weight is 195 g/mol. The fraction of sp³-hybridized carbons (Fsp3) is 0.583. The van der Waals surface area contributed by atoms with Crippen molar-refractivity contribution in [3.8, 4) is 0 Å². The van der Waals surface area contributed by atoms with E-state index in [1.165, 1.54) is 0 Å². The molecule has 0 fully saturated rings. The third kappa shape index (κ3) is 7.59. The first-order chi connectivity index (χ1) is 6.85. The van der Waals surface area contributed by atoms with E-state index < -0.39 is 0 Å². The summed E-state index contributed by atoms with van der Waals surface area (Å²) in [6, 6.07) is 0. The Hall–Kier alpha value is -1.05. The molecule has 0 bridgehead atoms. The van der Waals surface area contributed by atoms with Crippen molar-refractivity contribution >= 4 is 5.71 Å². The van der Waals surface area contributed by atoms with Crippen LogP contribution in [0.3, 0.4) is 0 Å². The first-order valence-corrected chi connectivity index (χ1v) is 5.30. The van der Waals surface area contributed by atoms with E-state index in [1.807, 2.05) is 6.08 Å². The maximum Gasteiger partial charge on any atom is 0.0574 e. The van der Waals surface area contributed by atoms with Crippen LogP contribution in [0.4, 0.5) is 0 Å². The maximum absolute atomic E-state index is 8.72. The minimum absolute atomic E-state index is 0.865. The summed E-state index contributed by atoms with van der Waals surface area (Å²) in [7, 11) is 0. The highest BCUT2D eigenvalue weighted by Crippen LogP contribution is 2.04. The Morgan fingerprint density at radius 1 is 1.29 bits per heavy atom. The van der Waals surface area contributed by atoms with Crippen LogP contribution < -0.4 is 0 Å². The normalized spacial score (nSPS) is 12.2. The first kappa shape index (κ1) is 12.9. The van der Waals surface area contributed by atoms with Gasteiger partial charge in [-0.3, -0.25) is 0 Å². The van der Waals surface area contributed by atoms with Gasteiger partial charge in [0.2, 0.25) is 0 Å². The molecule has 0 heterocycles. The second-order valence-corrected chi connectivity index (χ2v) is 3.27. The SMILES string of the molecule is C=CCCC/C(CC/C=C/CC)=N\O. The van der Waals surface area contributed by atoms with Crippen molar-refractivity contribution < 1.29 is 5.21 Å². The van der Waals surface area contributed by atoms with Crippen LogP contribution >= 0.6 is 0 Å². The third-order valence-corrected chi connectivity index (χ3v) is 2.02. The molecule has 2 heteroatoms. The van der Waals surface area contributed by atoms with Crippen molar-refractivity contribution in [2.45, 2.75) is 45.4 Å². The van der Waals surface area contributed by atoms with E-state index in [1.54, 1.807) is 0 Å². The Balaban J connectivity index is 3.59. The molecule has 1 N–H and O–H groups in total. The van der Waals surface area contributed by atoms with E-state index in [0.29, 0.717) is 0 Å². The van der Waals surface area contributed by atoms with Crippen LogP contribution in [0, 0.1) is 0 Å². The van der Waals surface area contributed by atoms with Gasteiger partial charge in [-0.2, -0.15) is 0 Å². The van der Waals surface area contributed by atoms with E-state index in [0.717, 1.165) is 44.2 Å². The second-order valence-electron chi connectivity index (χ2n) is 3.27. The summed E-state index contributed by atoms with van der Waals surface area (Å²) in [6.45, 7) is 5.77. The Morgan fingerprint density at radius 3 is 2.64 bits per heavy atom. The summed E-state index contributed by atoms with van der Waals surface area (Å²) in [6.07, 6.45) is 12.0. The van der Waals surface area contributed by atoms with E-state index in [4.69, 9.17) is 5.21 Å². The molecule has 0 aromatic carbocycles. The number of hydrogen-bond acceptors (Lipinski definition) is 2. The monoisotopic (exact) mass is 195 g/mol. The van der Waals surface area contributed by atoms with E-state index >= 15 is 0 Å². The van der Waals surface area contributed by atoms with Crippen LogP contribution in [0.2, 0.25) is 0 Å². The van der Waals surface area contributed by atoms with Gasteiger partial charge in [0, 0.05) is 0 Å². The van der Waals surface area contributed by atoms with Crippen LogP contribution in [0.1, 0.15) is 45.4 Å². The van der Waals surface area contributed by atoms with Crippen molar-refractivity contribution in [2.24, 2.45) is 5.16 Å². The maximum atomic E-state index is 8.72. The molecule has 0 saturated carbocycles. The van der Waals surface area contributed by atoms with Crippen molar-refractivity contribution in [1.29, 1.82) is 0 Å². The number of unbranched alkanes of at least 4 members (excludes halogenated alkanes) is 1. The highest BCUT2D eigenvalue weighted by Gasteiger charge is 1.97. The van der Waals surface area contributed by atoms with Crippen LogP contribution in [0.25, 0.3) is 0 Å². The van der Waals surface area contributed by atoms with E-state index in [-0.39, 0.29) is 0 Å². The van der Waals surface area contributed by atoms with E-state index in [2.05, 4.69) is 30.8 Å². The van der Waals surface area contributed by atoms with Gasteiger partial charge in [0.25, 0.3) is 0 Å². The van der Waals surface area contributed by atoms with Gasteiger partial charge in [-0.25, -0.2) is 0 Å². The first-order valence-electron chi connectivity index (χ1n) is 5.30. The summed E-state index contributed by atoms with van der Waals surface area (Å²) in [5, 5.41) is 12.0. The zero-order chi connectivity index (χ0) is 10.6. The third-order valence-electron chi connectivity index (χ3n) is 2.02. The second kappa shape index (κ2) is 10.0. The highest BCUT2D eigenvalue weighted by molar-refractivity contribution is 5.83. The Morgan fingerprint density at radius 2 is 2.07 bits per heavy atom. The quantitative estimate of drug-likeness (QED) is 0.206. The zero-order valence-electron chi connectivity index (χ0n) is 9.08. The largest absolute Gasteiger partial charge is 0.411 e. The Kier molecular flexibility index (Phi) is 9.28. The number of nitrogens with zero attached hydrogens (tertiary/aromatic N) is 1. The van der Waals surface area contributed by atoms with Gasteiger partial charge in [0.1, 0.15) is 0 Å². The standard InChI is InChI=1S/C12H21NO/c1-3-5-7-9-11-12(13-14)10-8-6-4-2/h4-5,7,14H,2-3,6,8-11H2,1H3/b7-5+,13-12+. The van der Waals surface area contributed by atoms with Gasteiger partial charge in [-0.05, 0) is 38.5 Å². The predicted molar refractivity (Wildman–Crippen MR) is 61.9 cm³/mol. The van der Waals surface area contributed by atoms with Gasteiger partial charge in [-0.1, -0.05) is 30.3 Å². The molecular formula is C12H21NO. The lowest BCUT2D eigenvalue weighted by Gasteiger charge is -2.00. The van der Waals surface area contributed by atoms with Crippen molar-refractivity contribution in [3.63, 3.8) is 0 Å².